The Balaban J connectivity index is 1.79. The Hall–Kier alpha value is -2.83. The van der Waals surface area contributed by atoms with Crippen molar-refractivity contribution in [3.8, 4) is 0 Å². The second-order valence-electron chi connectivity index (χ2n) is 6.27. The predicted octanol–water partition coefficient (Wildman–Crippen LogP) is 4.73. The monoisotopic (exact) mass is 414 g/mol. The van der Waals surface area contributed by atoms with Gasteiger partial charge in [0.05, 0.1) is 21.3 Å². The molecule has 0 atom stereocenters. The second kappa shape index (κ2) is 8.04. The van der Waals surface area contributed by atoms with Gasteiger partial charge in [0.2, 0.25) is 0 Å². The van der Waals surface area contributed by atoms with Crippen LogP contribution < -0.4 is 9.62 Å². The third-order valence-corrected chi connectivity index (χ3v) is 6.42. The Morgan fingerprint density at radius 3 is 2.14 bits per heavy atom. The number of hydrogen-bond acceptors (Lipinski definition) is 3. The van der Waals surface area contributed by atoms with Gasteiger partial charge in [-0.3, -0.25) is 9.10 Å². The average Bonchev–Trinajstić information content (AvgIpc) is 2.69. The number of para-hydroxylation sites is 1. The molecule has 1 N–H and O–H groups in total. The van der Waals surface area contributed by atoms with E-state index in [0.29, 0.717) is 22.0 Å². The van der Waals surface area contributed by atoms with Gasteiger partial charge in [-0.1, -0.05) is 41.4 Å². The molecule has 0 aliphatic rings. The highest BCUT2D eigenvalue weighted by Crippen LogP contribution is 2.24. The number of sulfonamides is 1. The van der Waals surface area contributed by atoms with E-state index in [0.717, 1.165) is 5.56 Å². The van der Waals surface area contributed by atoms with Gasteiger partial charge in [-0.15, -0.1) is 0 Å². The first-order chi connectivity index (χ1) is 13.3. The Bertz CT molecular complexity index is 1100. The zero-order valence-electron chi connectivity index (χ0n) is 15.4. The molecule has 0 aromatic heterocycles. The number of hydrogen-bond donors (Lipinski definition) is 1. The number of nitrogens with one attached hydrogen (secondary N) is 1. The quantitative estimate of drug-likeness (QED) is 0.656. The lowest BCUT2D eigenvalue weighted by atomic mass is 10.2. The fourth-order valence-electron chi connectivity index (χ4n) is 2.59. The minimum atomic E-state index is -3.68. The van der Waals surface area contributed by atoms with Crippen molar-refractivity contribution >= 4 is 38.9 Å². The Kier molecular flexibility index (Phi) is 5.72. The maximum atomic E-state index is 12.8. The molecule has 3 rings (SSSR count). The van der Waals surface area contributed by atoms with Crippen LogP contribution in [0.4, 0.5) is 11.4 Å². The predicted molar refractivity (Wildman–Crippen MR) is 113 cm³/mol. The summed E-state index contributed by atoms with van der Waals surface area (Å²) in [4.78, 5) is 12.6. The number of nitrogens with zero attached hydrogens (tertiary/aromatic N) is 1. The zero-order valence-corrected chi connectivity index (χ0v) is 17.0. The average molecular weight is 415 g/mol. The van der Waals surface area contributed by atoms with Gasteiger partial charge in [0.15, 0.2) is 0 Å². The summed E-state index contributed by atoms with van der Waals surface area (Å²) in [5, 5.41) is 3.17. The topological polar surface area (TPSA) is 66.5 Å². The van der Waals surface area contributed by atoms with E-state index in [-0.39, 0.29) is 10.8 Å². The number of anilines is 2. The van der Waals surface area contributed by atoms with Crippen LogP contribution >= 0.6 is 11.6 Å². The molecular weight excluding hydrogens is 396 g/mol. The summed E-state index contributed by atoms with van der Waals surface area (Å²) in [7, 11) is -2.20. The summed E-state index contributed by atoms with van der Waals surface area (Å²) in [5.74, 6) is -0.330. The van der Waals surface area contributed by atoms with E-state index in [4.69, 9.17) is 11.6 Å². The summed E-state index contributed by atoms with van der Waals surface area (Å²) in [6, 6.07) is 19.9. The highest BCUT2D eigenvalue weighted by molar-refractivity contribution is 7.92. The van der Waals surface area contributed by atoms with E-state index < -0.39 is 10.0 Å². The Labute approximate surface area is 169 Å². The van der Waals surface area contributed by atoms with E-state index in [1.807, 2.05) is 6.92 Å². The summed E-state index contributed by atoms with van der Waals surface area (Å²) in [6.45, 7) is 1.90. The van der Waals surface area contributed by atoms with Gasteiger partial charge < -0.3 is 5.32 Å². The van der Waals surface area contributed by atoms with Crippen LogP contribution in [0, 0.1) is 6.92 Å². The van der Waals surface area contributed by atoms with Crippen LogP contribution in [0.25, 0.3) is 0 Å². The molecule has 28 heavy (non-hydrogen) atoms. The van der Waals surface area contributed by atoms with Crippen molar-refractivity contribution in [1.29, 1.82) is 0 Å². The van der Waals surface area contributed by atoms with E-state index in [1.165, 1.54) is 11.4 Å². The molecule has 5 nitrogen and oxygen atoms in total. The first-order valence-electron chi connectivity index (χ1n) is 8.50. The summed E-state index contributed by atoms with van der Waals surface area (Å²) >= 11 is 6.05. The number of halogens is 1. The zero-order chi connectivity index (χ0) is 20.3. The van der Waals surface area contributed by atoms with Gasteiger partial charge >= 0.3 is 0 Å². The minimum Gasteiger partial charge on any atom is -0.321 e. The number of aryl methyl sites for hydroxylation is 1. The van der Waals surface area contributed by atoms with Crippen LogP contribution in [0.15, 0.2) is 77.7 Å². The van der Waals surface area contributed by atoms with E-state index in [9.17, 15) is 13.2 Å². The fraction of sp³-hybridized carbons (Fsp3) is 0.0952. The van der Waals surface area contributed by atoms with E-state index in [1.54, 1.807) is 72.8 Å². The van der Waals surface area contributed by atoms with Crippen LogP contribution in [0.2, 0.25) is 5.02 Å². The van der Waals surface area contributed by atoms with Gasteiger partial charge in [0.1, 0.15) is 0 Å². The van der Waals surface area contributed by atoms with Gasteiger partial charge in [-0.25, -0.2) is 8.42 Å². The third-order valence-electron chi connectivity index (χ3n) is 4.29. The number of rotatable bonds is 5. The van der Waals surface area contributed by atoms with Gasteiger partial charge in [0.25, 0.3) is 15.9 Å². The van der Waals surface area contributed by atoms with Crippen molar-refractivity contribution in [3.05, 3.63) is 88.9 Å². The van der Waals surface area contributed by atoms with Crippen molar-refractivity contribution in [2.45, 2.75) is 11.8 Å². The maximum absolute atomic E-state index is 12.8. The summed E-state index contributed by atoms with van der Waals surface area (Å²) in [5.41, 5.74) is 2.34. The molecule has 7 heteroatoms. The van der Waals surface area contributed by atoms with Crippen LogP contribution in [0.1, 0.15) is 15.9 Å². The summed E-state index contributed by atoms with van der Waals surface area (Å²) < 4.78 is 26.7. The molecule has 0 fully saturated rings. The molecule has 0 radical (unpaired) electrons. The molecule has 0 unspecified atom stereocenters. The molecular formula is C21H19ClN2O3S. The van der Waals surface area contributed by atoms with Crippen molar-refractivity contribution in [2.75, 3.05) is 16.7 Å². The van der Waals surface area contributed by atoms with Gasteiger partial charge in [0, 0.05) is 12.6 Å². The first-order valence-corrected chi connectivity index (χ1v) is 10.3. The molecule has 1 amide bonds. The Morgan fingerprint density at radius 2 is 1.54 bits per heavy atom. The van der Waals surface area contributed by atoms with Crippen molar-refractivity contribution in [2.24, 2.45) is 0 Å². The molecule has 0 heterocycles. The van der Waals surface area contributed by atoms with E-state index in [2.05, 4.69) is 5.32 Å². The Morgan fingerprint density at radius 1 is 0.929 bits per heavy atom. The van der Waals surface area contributed by atoms with Crippen molar-refractivity contribution in [3.63, 3.8) is 0 Å². The van der Waals surface area contributed by atoms with Gasteiger partial charge in [-0.05, 0) is 55.5 Å². The largest absolute Gasteiger partial charge is 0.321 e. The summed E-state index contributed by atoms with van der Waals surface area (Å²) in [6.07, 6.45) is 0. The molecule has 144 valence electrons. The fourth-order valence-corrected chi connectivity index (χ4v) is 3.97. The lowest BCUT2D eigenvalue weighted by Gasteiger charge is -2.20. The first kappa shape index (κ1) is 19.9. The third kappa shape index (κ3) is 4.18. The van der Waals surface area contributed by atoms with Gasteiger partial charge in [-0.2, -0.15) is 0 Å². The number of amides is 1. The highest BCUT2D eigenvalue weighted by atomic mass is 35.5. The maximum Gasteiger partial charge on any atom is 0.264 e. The van der Waals surface area contributed by atoms with Crippen molar-refractivity contribution in [1.82, 2.24) is 0 Å². The van der Waals surface area contributed by atoms with Crippen LogP contribution in [0.5, 0.6) is 0 Å². The lowest BCUT2D eigenvalue weighted by molar-refractivity contribution is 0.102. The van der Waals surface area contributed by atoms with Crippen LogP contribution in [-0.2, 0) is 10.0 Å². The van der Waals surface area contributed by atoms with Crippen LogP contribution in [-0.4, -0.2) is 21.4 Å². The van der Waals surface area contributed by atoms with E-state index >= 15 is 0 Å². The number of carbonyl (C=O) groups is 1. The lowest BCUT2D eigenvalue weighted by Crippen LogP contribution is -2.26. The number of carbonyl (C=O) groups excluding carboxylic acids is 1. The normalized spacial score (nSPS) is 11.1. The molecule has 3 aromatic rings. The molecule has 0 aliphatic carbocycles. The number of benzene rings is 3. The minimum absolute atomic E-state index is 0.209. The second-order valence-corrected chi connectivity index (χ2v) is 8.64. The highest BCUT2D eigenvalue weighted by Gasteiger charge is 2.21. The molecule has 0 spiro atoms. The molecule has 3 aromatic carbocycles. The molecule has 0 aliphatic heterocycles. The molecule has 0 saturated heterocycles. The smallest absolute Gasteiger partial charge is 0.264 e. The van der Waals surface area contributed by atoms with Crippen LogP contribution in [0.3, 0.4) is 0 Å². The standard InChI is InChI=1S/C21H19ClN2O3S/c1-15-7-13-18(14-8-15)28(26,27)24(2)17-11-9-16(10-12-17)21(25)23-20-6-4-3-5-19(20)22/h3-14H,1-2H3,(H,23,25). The van der Waals surface area contributed by atoms with Crippen molar-refractivity contribution < 1.29 is 13.2 Å². The molecule has 0 saturated carbocycles. The SMILES string of the molecule is Cc1ccc(S(=O)(=O)N(C)c2ccc(C(=O)Nc3ccccc3Cl)cc2)cc1. The molecule has 0 bridgehead atoms.